The molecule has 1 aliphatic rings. The van der Waals surface area contributed by atoms with E-state index in [9.17, 15) is 4.79 Å². The Balaban J connectivity index is 1.74. The van der Waals surface area contributed by atoms with Crippen molar-refractivity contribution in [2.75, 3.05) is 6.61 Å². The molecule has 0 bridgehead atoms. The Morgan fingerprint density at radius 1 is 1.27 bits per heavy atom. The van der Waals surface area contributed by atoms with Gasteiger partial charge in [0.1, 0.15) is 5.75 Å². The first-order valence-corrected chi connectivity index (χ1v) is 8.50. The number of amides is 1. The number of aliphatic imine (C=N–C) groups is 1. The van der Waals surface area contributed by atoms with Crippen LogP contribution in [0.2, 0.25) is 0 Å². The first kappa shape index (κ1) is 14.9. The van der Waals surface area contributed by atoms with Gasteiger partial charge < -0.3 is 10.1 Å². The van der Waals surface area contributed by atoms with Gasteiger partial charge in [0.2, 0.25) is 0 Å². The molecule has 1 amide bonds. The lowest BCUT2D eigenvalue weighted by atomic mass is 10.3. The number of ether oxygens (including phenoxy) is 1. The van der Waals surface area contributed by atoms with E-state index >= 15 is 0 Å². The van der Waals surface area contributed by atoms with Crippen molar-refractivity contribution in [3.05, 3.63) is 51.6 Å². The van der Waals surface area contributed by atoms with Crippen LogP contribution in [0.3, 0.4) is 0 Å². The van der Waals surface area contributed by atoms with Gasteiger partial charge in [0, 0.05) is 4.88 Å². The summed E-state index contributed by atoms with van der Waals surface area (Å²) in [5.74, 6) is 0.705. The van der Waals surface area contributed by atoms with Crippen LogP contribution in [0.25, 0.3) is 6.08 Å². The Morgan fingerprint density at radius 2 is 2.09 bits per heavy atom. The SMILES string of the molecule is CCOc1ccc(N=C2NC(=O)C(=Cc3cccs3)S2)cc1. The van der Waals surface area contributed by atoms with Gasteiger partial charge in [-0.1, -0.05) is 6.07 Å². The molecule has 22 heavy (non-hydrogen) atoms. The van der Waals surface area contributed by atoms with Crippen molar-refractivity contribution in [1.82, 2.24) is 5.32 Å². The first-order valence-electron chi connectivity index (χ1n) is 6.80. The zero-order valence-corrected chi connectivity index (χ0v) is 13.5. The van der Waals surface area contributed by atoms with Gasteiger partial charge >= 0.3 is 0 Å². The zero-order chi connectivity index (χ0) is 15.4. The highest BCUT2D eigenvalue weighted by Crippen LogP contribution is 2.29. The highest BCUT2D eigenvalue weighted by molar-refractivity contribution is 8.18. The van der Waals surface area contributed by atoms with Crippen molar-refractivity contribution in [3.63, 3.8) is 0 Å². The van der Waals surface area contributed by atoms with E-state index in [1.165, 1.54) is 11.8 Å². The molecule has 6 heteroatoms. The van der Waals surface area contributed by atoms with Crippen molar-refractivity contribution in [3.8, 4) is 5.75 Å². The van der Waals surface area contributed by atoms with E-state index in [4.69, 9.17) is 4.74 Å². The van der Waals surface area contributed by atoms with Gasteiger partial charge in [0.05, 0.1) is 17.2 Å². The number of hydrogen-bond acceptors (Lipinski definition) is 5. The fourth-order valence-corrected chi connectivity index (χ4v) is 3.45. The summed E-state index contributed by atoms with van der Waals surface area (Å²) in [7, 11) is 0. The van der Waals surface area contributed by atoms with Crippen LogP contribution in [0.1, 0.15) is 11.8 Å². The van der Waals surface area contributed by atoms with Crippen LogP contribution in [0.15, 0.2) is 51.7 Å². The van der Waals surface area contributed by atoms with E-state index in [1.807, 2.05) is 54.8 Å². The molecule has 2 heterocycles. The lowest BCUT2D eigenvalue weighted by Gasteiger charge is -2.02. The number of benzene rings is 1. The summed E-state index contributed by atoms with van der Waals surface area (Å²) in [6.07, 6.45) is 1.88. The van der Waals surface area contributed by atoms with E-state index in [0.29, 0.717) is 16.7 Å². The van der Waals surface area contributed by atoms with Crippen LogP contribution in [0.5, 0.6) is 5.75 Å². The molecule has 112 valence electrons. The zero-order valence-electron chi connectivity index (χ0n) is 11.9. The molecule has 4 nitrogen and oxygen atoms in total. The van der Waals surface area contributed by atoms with Crippen molar-refractivity contribution >= 4 is 45.9 Å². The first-order chi connectivity index (χ1) is 10.7. The molecule has 1 N–H and O–H groups in total. The van der Waals surface area contributed by atoms with Crippen LogP contribution in [0, 0.1) is 0 Å². The molecule has 0 saturated carbocycles. The van der Waals surface area contributed by atoms with E-state index < -0.39 is 0 Å². The molecule has 2 aromatic rings. The van der Waals surface area contributed by atoms with Gasteiger partial charge in [-0.05, 0) is 60.5 Å². The van der Waals surface area contributed by atoms with Gasteiger partial charge in [-0.3, -0.25) is 4.79 Å². The molecule has 3 rings (SSSR count). The van der Waals surface area contributed by atoms with Crippen LogP contribution in [0.4, 0.5) is 5.69 Å². The second-order valence-electron chi connectivity index (χ2n) is 4.42. The van der Waals surface area contributed by atoms with Crippen molar-refractivity contribution in [2.45, 2.75) is 6.92 Å². The maximum absolute atomic E-state index is 11.9. The molecule has 1 fully saturated rings. The smallest absolute Gasteiger partial charge is 0.264 e. The predicted octanol–water partition coefficient (Wildman–Crippen LogP) is 4.04. The lowest BCUT2D eigenvalue weighted by Crippen LogP contribution is -2.19. The van der Waals surface area contributed by atoms with E-state index in [0.717, 1.165) is 16.3 Å². The molecule has 1 aromatic carbocycles. The van der Waals surface area contributed by atoms with E-state index in [1.54, 1.807) is 11.3 Å². The second-order valence-corrected chi connectivity index (χ2v) is 6.43. The summed E-state index contributed by atoms with van der Waals surface area (Å²) in [4.78, 5) is 18.1. The number of rotatable bonds is 4. The average molecular weight is 330 g/mol. The molecule has 0 radical (unpaired) electrons. The Kier molecular flexibility index (Phi) is 4.60. The minimum atomic E-state index is -0.108. The van der Waals surface area contributed by atoms with Crippen LogP contribution in [-0.2, 0) is 4.79 Å². The van der Waals surface area contributed by atoms with Crippen molar-refractivity contribution < 1.29 is 9.53 Å². The standard InChI is InChI=1S/C16H14N2O2S2/c1-2-20-12-7-5-11(6-8-12)17-16-18-15(19)14(22-16)10-13-4-3-9-21-13/h3-10H,2H2,1H3,(H,17,18,19). The summed E-state index contributed by atoms with van der Waals surface area (Å²) in [6.45, 7) is 2.58. The summed E-state index contributed by atoms with van der Waals surface area (Å²) in [5, 5.41) is 5.36. The van der Waals surface area contributed by atoms with Gasteiger partial charge in [0.15, 0.2) is 5.17 Å². The molecule has 1 aliphatic heterocycles. The van der Waals surface area contributed by atoms with E-state index in [-0.39, 0.29) is 5.91 Å². The number of hydrogen-bond donors (Lipinski definition) is 1. The molecule has 0 aliphatic carbocycles. The molecular weight excluding hydrogens is 316 g/mol. The molecule has 0 unspecified atom stereocenters. The number of amidine groups is 1. The van der Waals surface area contributed by atoms with Crippen molar-refractivity contribution in [1.29, 1.82) is 0 Å². The Morgan fingerprint density at radius 3 is 2.77 bits per heavy atom. The minimum Gasteiger partial charge on any atom is -0.494 e. The molecular formula is C16H14N2O2S2. The number of thioether (sulfide) groups is 1. The van der Waals surface area contributed by atoms with Crippen LogP contribution >= 0.6 is 23.1 Å². The third-order valence-corrected chi connectivity index (χ3v) is 4.57. The topological polar surface area (TPSA) is 50.7 Å². The highest BCUT2D eigenvalue weighted by atomic mass is 32.2. The second kappa shape index (κ2) is 6.81. The normalized spacial score (nSPS) is 18.0. The van der Waals surface area contributed by atoms with Gasteiger partial charge in [-0.2, -0.15) is 0 Å². The Labute approximate surface area is 136 Å². The third-order valence-electron chi connectivity index (χ3n) is 2.85. The molecule has 1 aromatic heterocycles. The predicted molar refractivity (Wildman–Crippen MR) is 92.7 cm³/mol. The summed E-state index contributed by atoms with van der Waals surface area (Å²) in [6, 6.07) is 11.4. The van der Waals surface area contributed by atoms with Gasteiger partial charge in [-0.15, -0.1) is 11.3 Å². The summed E-state index contributed by atoms with van der Waals surface area (Å²) < 4.78 is 5.39. The van der Waals surface area contributed by atoms with Gasteiger partial charge in [-0.25, -0.2) is 4.99 Å². The highest BCUT2D eigenvalue weighted by Gasteiger charge is 2.23. The number of carbonyl (C=O) groups is 1. The number of thiophene rings is 1. The van der Waals surface area contributed by atoms with Crippen molar-refractivity contribution in [2.24, 2.45) is 4.99 Å². The number of nitrogens with zero attached hydrogens (tertiary/aromatic N) is 1. The largest absolute Gasteiger partial charge is 0.494 e. The Hall–Kier alpha value is -2.05. The molecule has 0 atom stereocenters. The monoisotopic (exact) mass is 330 g/mol. The number of carbonyl (C=O) groups excluding carboxylic acids is 1. The molecule has 1 saturated heterocycles. The maximum Gasteiger partial charge on any atom is 0.264 e. The minimum absolute atomic E-state index is 0.108. The quantitative estimate of drug-likeness (QED) is 0.861. The average Bonchev–Trinajstić information content (AvgIpc) is 3.13. The fourth-order valence-electron chi connectivity index (χ4n) is 1.88. The van der Waals surface area contributed by atoms with Gasteiger partial charge in [0.25, 0.3) is 5.91 Å². The van der Waals surface area contributed by atoms with E-state index in [2.05, 4.69) is 10.3 Å². The lowest BCUT2D eigenvalue weighted by molar-refractivity contribution is -0.115. The summed E-state index contributed by atoms with van der Waals surface area (Å²) >= 11 is 2.95. The maximum atomic E-state index is 11.9. The number of nitrogens with one attached hydrogen (secondary N) is 1. The third kappa shape index (κ3) is 3.58. The summed E-state index contributed by atoms with van der Waals surface area (Å²) in [5.41, 5.74) is 0.781. The molecule has 0 spiro atoms. The van der Waals surface area contributed by atoms with Crippen LogP contribution < -0.4 is 10.1 Å². The Bertz CT molecular complexity index is 719. The fraction of sp³-hybridized carbons (Fsp3) is 0.125. The van der Waals surface area contributed by atoms with Crippen LogP contribution in [-0.4, -0.2) is 17.7 Å².